The van der Waals surface area contributed by atoms with Crippen LogP contribution in [0.4, 0.5) is 46.5 Å². The number of carbonyl (C=O) groups is 5. The lowest BCUT2D eigenvalue weighted by Crippen LogP contribution is -2.52. The SMILES string of the molecule is CCOC(=O)C1CCN(c2cc(C(F)(F)F)ccc2C2CCN(C(=O)[C@]3(F)CN(CCC(=O)OC(C)(C)C)C[C@H]3c3ccc(OC)cc3)CC2)CC1.CCOC(=O)C1CCN(c2cc(C(F)(F)F)ccc2C2CCN(C(=O)[C@]3(F)CNC[C@H]3c3ccc(OC)cc3)CC2)CC1. The molecule has 4 atom stereocenters. The molecular formula is C71H90F8N6O10. The number of likely N-dealkylation sites (tertiary alicyclic amines) is 3. The molecule has 6 aliphatic rings. The first-order chi connectivity index (χ1) is 45.1. The van der Waals surface area contributed by atoms with E-state index in [0.717, 1.165) is 28.8 Å². The number of ether oxygens (including phenoxy) is 5. The van der Waals surface area contributed by atoms with Crippen molar-refractivity contribution >= 4 is 41.1 Å². The minimum absolute atomic E-state index is 0.0538. The van der Waals surface area contributed by atoms with Gasteiger partial charge in [-0.25, -0.2) is 8.78 Å². The van der Waals surface area contributed by atoms with Crippen molar-refractivity contribution in [2.75, 3.05) is 122 Å². The lowest BCUT2D eigenvalue weighted by atomic mass is 9.83. The molecule has 10 rings (SSSR count). The summed E-state index contributed by atoms with van der Waals surface area (Å²) in [6.45, 7) is 12.8. The van der Waals surface area contributed by atoms with Gasteiger partial charge in [0.15, 0.2) is 0 Å². The molecule has 16 nitrogen and oxygen atoms in total. The average molecular weight is 1340 g/mol. The summed E-state index contributed by atoms with van der Waals surface area (Å²) in [6.07, 6.45) is -5.06. The summed E-state index contributed by atoms with van der Waals surface area (Å²) in [6, 6.07) is 21.8. The number of esters is 3. The summed E-state index contributed by atoms with van der Waals surface area (Å²) in [5.41, 5.74) is -2.55. The molecule has 2 amide bonds. The molecule has 520 valence electrons. The van der Waals surface area contributed by atoms with E-state index < -0.39 is 70.0 Å². The van der Waals surface area contributed by atoms with Crippen LogP contribution in [0.25, 0.3) is 0 Å². The molecule has 4 aromatic rings. The van der Waals surface area contributed by atoms with Crippen LogP contribution >= 0.6 is 0 Å². The molecule has 6 heterocycles. The number of piperidine rings is 4. The van der Waals surface area contributed by atoms with Crippen LogP contribution in [0.15, 0.2) is 84.9 Å². The van der Waals surface area contributed by atoms with E-state index in [0.29, 0.717) is 132 Å². The molecule has 6 fully saturated rings. The van der Waals surface area contributed by atoms with E-state index in [2.05, 4.69) is 5.32 Å². The van der Waals surface area contributed by atoms with Crippen molar-refractivity contribution in [2.24, 2.45) is 11.8 Å². The Bertz CT molecular complexity index is 3280. The van der Waals surface area contributed by atoms with Gasteiger partial charge >= 0.3 is 30.3 Å². The van der Waals surface area contributed by atoms with Crippen molar-refractivity contribution in [1.82, 2.24) is 20.0 Å². The van der Waals surface area contributed by atoms with Gasteiger partial charge in [0, 0.05) is 108 Å². The van der Waals surface area contributed by atoms with Crippen molar-refractivity contribution in [2.45, 2.75) is 145 Å². The van der Waals surface area contributed by atoms with Crippen LogP contribution in [0.3, 0.4) is 0 Å². The lowest BCUT2D eigenvalue weighted by molar-refractivity contribution is -0.155. The molecule has 24 heteroatoms. The molecule has 0 spiro atoms. The van der Waals surface area contributed by atoms with Gasteiger partial charge in [-0.2, -0.15) is 26.3 Å². The van der Waals surface area contributed by atoms with Crippen molar-refractivity contribution in [3.63, 3.8) is 0 Å². The Balaban J connectivity index is 0.000000227. The average Bonchev–Trinajstić information content (AvgIpc) is 1.73. The van der Waals surface area contributed by atoms with Gasteiger partial charge in [0.2, 0.25) is 11.3 Å². The number of amides is 2. The van der Waals surface area contributed by atoms with Crippen molar-refractivity contribution < 1.29 is 82.8 Å². The molecule has 0 aliphatic carbocycles. The van der Waals surface area contributed by atoms with Crippen LogP contribution in [0, 0.1) is 11.8 Å². The number of alkyl halides is 8. The highest BCUT2D eigenvalue weighted by molar-refractivity contribution is 5.88. The van der Waals surface area contributed by atoms with Crippen LogP contribution in [-0.2, 0) is 50.5 Å². The highest BCUT2D eigenvalue weighted by atomic mass is 19.4. The van der Waals surface area contributed by atoms with Gasteiger partial charge in [0.25, 0.3) is 11.8 Å². The van der Waals surface area contributed by atoms with Gasteiger partial charge in [0.1, 0.15) is 17.1 Å². The number of methoxy groups -OCH3 is 2. The van der Waals surface area contributed by atoms with E-state index in [1.165, 1.54) is 25.3 Å². The van der Waals surface area contributed by atoms with E-state index in [9.17, 15) is 50.3 Å². The summed E-state index contributed by atoms with van der Waals surface area (Å²) < 4.78 is 143. The Labute approximate surface area is 551 Å². The van der Waals surface area contributed by atoms with E-state index in [4.69, 9.17) is 23.7 Å². The first kappa shape index (κ1) is 72.1. The van der Waals surface area contributed by atoms with Crippen molar-refractivity contribution in [3.05, 3.63) is 118 Å². The fourth-order valence-electron chi connectivity index (χ4n) is 14.5. The fourth-order valence-corrected chi connectivity index (χ4v) is 14.5. The number of carbonyl (C=O) groups excluding carboxylic acids is 5. The molecule has 1 N–H and O–H groups in total. The molecule has 0 unspecified atom stereocenters. The Morgan fingerprint density at radius 1 is 0.547 bits per heavy atom. The number of hydrogen-bond acceptors (Lipinski definition) is 14. The summed E-state index contributed by atoms with van der Waals surface area (Å²) in [7, 11) is 3.09. The lowest BCUT2D eigenvalue weighted by Gasteiger charge is -2.39. The molecule has 0 saturated carbocycles. The number of nitrogens with one attached hydrogen (secondary N) is 1. The predicted molar refractivity (Wildman–Crippen MR) is 342 cm³/mol. The Kier molecular flexibility index (Phi) is 23.1. The fraction of sp³-hybridized carbons (Fsp3) is 0.592. The van der Waals surface area contributed by atoms with Gasteiger partial charge in [-0.1, -0.05) is 36.4 Å². The van der Waals surface area contributed by atoms with Gasteiger partial charge in [-0.3, -0.25) is 28.9 Å². The van der Waals surface area contributed by atoms with Crippen LogP contribution < -0.4 is 24.6 Å². The molecular weight excluding hydrogens is 1250 g/mol. The maximum atomic E-state index is 17.4. The normalized spacial score (nSPS) is 23.0. The second-order valence-corrected chi connectivity index (χ2v) is 26.8. The maximum Gasteiger partial charge on any atom is 0.416 e. The third-order valence-corrected chi connectivity index (χ3v) is 19.6. The second-order valence-electron chi connectivity index (χ2n) is 26.8. The Hall–Kier alpha value is -7.21. The first-order valence-corrected chi connectivity index (χ1v) is 33.2. The second kappa shape index (κ2) is 30.5. The van der Waals surface area contributed by atoms with E-state index >= 15 is 8.78 Å². The number of hydrogen-bond donors (Lipinski definition) is 1. The largest absolute Gasteiger partial charge is 0.497 e. The zero-order valence-corrected chi connectivity index (χ0v) is 55.4. The quantitative estimate of drug-likeness (QED) is 0.0604. The molecule has 0 radical (unpaired) electrons. The minimum atomic E-state index is -4.52. The zero-order valence-electron chi connectivity index (χ0n) is 55.4. The number of halogens is 8. The van der Waals surface area contributed by atoms with E-state index in [1.807, 2.05) is 9.80 Å². The predicted octanol–water partition coefficient (Wildman–Crippen LogP) is 12.0. The Morgan fingerprint density at radius 3 is 1.35 bits per heavy atom. The number of anilines is 2. The standard InChI is InChI=1S/C39H51F4N3O6.C32H39F4N3O4/c1-6-51-35(48)28-15-19-45(20-16-28)33-23-29(39(41,42)43)9-12-31(33)26-13-21-46(22-14-26)36(49)38(40)25-44(18-17-34(47)52-37(2,3)4)24-32(38)27-7-10-30(50-5)11-8-27;1-3-43-29(40)23-12-14-38(15-13-23)28-18-24(32(34,35)36)6-9-26(28)21-10-16-39(17-11-21)30(41)31(33)20-37-19-27(31)22-4-7-25(42-2)8-5-22/h7-12,23,26,28,32H,6,13-22,24-25H2,1-5H3;4-9,18,21,23,27,37H,3,10-17,19-20H2,1-2H3/t32-,38-;27-,31-/m00/s1. The molecule has 0 bridgehead atoms. The van der Waals surface area contributed by atoms with Crippen LogP contribution in [-0.4, -0.2) is 174 Å². The monoisotopic (exact) mass is 1340 g/mol. The molecule has 4 aromatic carbocycles. The highest BCUT2D eigenvalue weighted by Gasteiger charge is 2.56. The van der Waals surface area contributed by atoms with Gasteiger partial charge in [-0.05, 0) is 169 Å². The highest BCUT2D eigenvalue weighted by Crippen LogP contribution is 2.47. The molecule has 6 aliphatic heterocycles. The van der Waals surface area contributed by atoms with E-state index in [1.54, 1.807) is 111 Å². The Morgan fingerprint density at radius 2 is 0.958 bits per heavy atom. The molecule has 95 heavy (non-hydrogen) atoms. The van der Waals surface area contributed by atoms with Crippen LogP contribution in [0.1, 0.15) is 149 Å². The first-order valence-electron chi connectivity index (χ1n) is 33.2. The third kappa shape index (κ3) is 17.1. The summed E-state index contributed by atoms with van der Waals surface area (Å²) in [4.78, 5) is 73.5. The molecule has 0 aromatic heterocycles. The maximum absolute atomic E-state index is 17.4. The smallest absolute Gasteiger partial charge is 0.416 e. The number of nitrogens with zero attached hydrogens (tertiary/aromatic N) is 5. The van der Waals surface area contributed by atoms with Gasteiger partial charge in [0.05, 0.1) is 56.8 Å². The zero-order chi connectivity index (χ0) is 68.6. The van der Waals surface area contributed by atoms with Gasteiger partial charge in [-0.15, -0.1) is 0 Å². The summed E-state index contributed by atoms with van der Waals surface area (Å²) >= 11 is 0. The number of rotatable bonds is 17. The van der Waals surface area contributed by atoms with Crippen LogP contribution in [0.2, 0.25) is 0 Å². The molecule has 6 saturated heterocycles. The number of benzene rings is 4. The third-order valence-electron chi connectivity index (χ3n) is 19.6. The van der Waals surface area contributed by atoms with Crippen molar-refractivity contribution in [3.8, 4) is 11.5 Å². The minimum Gasteiger partial charge on any atom is -0.497 e. The van der Waals surface area contributed by atoms with E-state index in [-0.39, 0.29) is 87.9 Å². The summed E-state index contributed by atoms with van der Waals surface area (Å²) in [5.74, 6) is -3.08. The van der Waals surface area contributed by atoms with Crippen molar-refractivity contribution in [1.29, 1.82) is 0 Å². The topological polar surface area (TPSA) is 160 Å². The van der Waals surface area contributed by atoms with Crippen LogP contribution in [0.5, 0.6) is 11.5 Å². The van der Waals surface area contributed by atoms with Gasteiger partial charge < -0.3 is 48.6 Å². The summed E-state index contributed by atoms with van der Waals surface area (Å²) in [5, 5.41) is 3.04.